The Balaban J connectivity index is 2.24. The number of nitrogens with one attached hydrogen (secondary N) is 2. The van der Waals surface area contributed by atoms with Crippen LogP contribution in [0.1, 0.15) is 0 Å². The lowest BCUT2D eigenvalue weighted by atomic mass is 10.0. The van der Waals surface area contributed by atoms with Gasteiger partial charge in [0.25, 0.3) is 0 Å². The number of rotatable bonds is 2. The van der Waals surface area contributed by atoms with Crippen molar-refractivity contribution in [3.63, 3.8) is 0 Å². The molecule has 21 heavy (non-hydrogen) atoms. The molecule has 0 amide bonds. The summed E-state index contributed by atoms with van der Waals surface area (Å²) < 4.78 is 13.2. The van der Waals surface area contributed by atoms with Crippen molar-refractivity contribution < 1.29 is 4.39 Å². The molecule has 0 bridgehead atoms. The third kappa shape index (κ3) is 2.41. The molecule has 2 heterocycles. The molecule has 0 saturated heterocycles. The zero-order valence-corrected chi connectivity index (χ0v) is 11.4. The van der Waals surface area contributed by atoms with Crippen molar-refractivity contribution in [1.82, 2.24) is 15.2 Å². The molecule has 7 heteroatoms. The van der Waals surface area contributed by atoms with E-state index in [1.54, 1.807) is 12.1 Å². The number of aromatic nitrogens is 3. The highest BCUT2D eigenvalue weighted by atomic mass is 35.5. The van der Waals surface area contributed by atoms with Crippen LogP contribution in [0.15, 0.2) is 41.2 Å². The molecular formula is C14H10ClFN4O. The third-order valence-corrected chi connectivity index (χ3v) is 3.35. The SMILES string of the molecule is Nc1n[nH]c(-c2cccc(=O)[nH]2)c1-c1ccc(F)cc1Cl. The number of halogens is 2. The van der Waals surface area contributed by atoms with Crippen molar-refractivity contribution in [1.29, 1.82) is 0 Å². The van der Waals surface area contributed by atoms with E-state index < -0.39 is 5.82 Å². The first-order chi connectivity index (χ1) is 10.1. The van der Waals surface area contributed by atoms with E-state index >= 15 is 0 Å². The van der Waals surface area contributed by atoms with Gasteiger partial charge in [-0.3, -0.25) is 9.89 Å². The van der Waals surface area contributed by atoms with E-state index in [9.17, 15) is 9.18 Å². The van der Waals surface area contributed by atoms with Crippen molar-refractivity contribution >= 4 is 17.4 Å². The standard InChI is InChI=1S/C14H10ClFN4O/c15-9-6-7(16)4-5-8(9)12-13(19-20-14(12)17)10-2-1-3-11(21)18-10/h1-6H,(H,18,21)(H3,17,19,20). The maximum absolute atomic E-state index is 13.2. The molecule has 1 aromatic carbocycles. The zero-order valence-electron chi connectivity index (χ0n) is 10.7. The fourth-order valence-corrected chi connectivity index (χ4v) is 2.37. The molecule has 4 N–H and O–H groups in total. The molecule has 0 unspecified atom stereocenters. The molecule has 0 radical (unpaired) electrons. The molecule has 3 aromatic rings. The van der Waals surface area contributed by atoms with Crippen LogP contribution in [0.4, 0.5) is 10.2 Å². The summed E-state index contributed by atoms with van der Waals surface area (Å²) in [5, 5.41) is 6.91. The summed E-state index contributed by atoms with van der Waals surface area (Å²) in [7, 11) is 0. The highest BCUT2D eigenvalue weighted by molar-refractivity contribution is 6.33. The lowest BCUT2D eigenvalue weighted by Crippen LogP contribution is -2.04. The second-order valence-corrected chi connectivity index (χ2v) is 4.82. The van der Waals surface area contributed by atoms with Gasteiger partial charge in [0, 0.05) is 11.6 Å². The van der Waals surface area contributed by atoms with Gasteiger partial charge in [-0.05, 0) is 24.3 Å². The summed E-state index contributed by atoms with van der Waals surface area (Å²) in [5.41, 5.74) is 7.69. The molecule has 2 aromatic heterocycles. The fourth-order valence-electron chi connectivity index (χ4n) is 2.11. The van der Waals surface area contributed by atoms with Gasteiger partial charge in [0.2, 0.25) is 5.56 Å². The van der Waals surface area contributed by atoms with Gasteiger partial charge in [0.1, 0.15) is 5.82 Å². The quantitative estimate of drug-likeness (QED) is 0.680. The molecular weight excluding hydrogens is 295 g/mol. The van der Waals surface area contributed by atoms with E-state index in [1.165, 1.54) is 24.3 Å². The third-order valence-electron chi connectivity index (χ3n) is 3.03. The van der Waals surface area contributed by atoms with Gasteiger partial charge >= 0.3 is 0 Å². The summed E-state index contributed by atoms with van der Waals surface area (Å²) >= 11 is 6.07. The Morgan fingerprint density at radius 3 is 2.76 bits per heavy atom. The van der Waals surface area contributed by atoms with Crippen molar-refractivity contribution in [2.45, 2.75) is 0 Å². The van der Waals surface area contributed by atoms with Crippen LogP contribution >= 0.6 is 11.6 Å². The van der Waals surface area contributed by atoms with E-state index in [0.29, 0.717) is 22.5 Å². The van der Waals surface area contributed by atoms with Gasteiger partial charge in [-0.15, -0.1) is 0 Å². The molecule has 0 saturated carbocycles. The number of benzene rings is 1. The van der Waals surface area contributed by atoms with E-state index in [4.69, 9.17) is 17.3 Å². The minimum absolute atomic E-state index is 0.211. The van der Waals surface area contributed by atoms with Crippen molar-refractivity contribution in [2.75, 3.05) is 5.73 Å². The van der Waals surface area contributed by atoms with Crippen LogP contribution in [0.2, 0.25) is 5.02 Å². The molecule has 0 atom stereocenters. The number of anilines is 1. The molecule has 3 rings (SSSR count). The van der Waals surface area contributed by atoms with E-state index in [1.807, 2.05) is 0 Å². The summed E-state index contributed by atoms with van der Waals surface area (Å²) in [4.78, 5) is 14.1. The summed E-state index contributed by atoms with van der Waals surface area (Å²) in [5.74, 6) is -0.233. The first-order valence-electron chi connectivity index (χ1n) is 6.05. The lowest BCUT2D eigenvalue weighted by Gasteiger charge is -2.07. The van der Waals surface area contributed by atoms with Crippen LogP contribution in [0.3, 0.4) is 0 Å². The van der Waals surface area contributed by atoms with Gasteiger partial charge in [-0.1, -0.05) is 17.7 Å². The largest absolute Gasteiger partial charge is 0.382 e. The molecule has 0 fully saturated rings. The van der Waals surface area contributed by atoms with Gasteiger partial charge in [0.15, 0.2) is 5.82 Å². The van der Waals surface area contributed by atoms with Crippen molar-refractivity contribution in [2.24, 2.45) is 0 Å². The predicted octanol–water partition coefficient (Wildman–Crippen LogP) is 2.81. The van der Waals surface area contributed by atoms with Gasteiger partial charge in [0.05, 0.1) is 22.0 Å². The number of pyridine rings is 1. The molecule has 106 valence electrons. The Morgan fingerprint density at radius 1 is 1.24 bits per heavy atom. The van der Waals surface area contributed by atoms with E-state index in [2.05, 4.69) is 15.2 Å². The van der Waals surface area contributed by atoms with Crippen LogP contribution < -0.4 is 11.3 Å². The highest BCUT2D eigenvalue weighted by Crippen LogP contribution is 2.37. The number of nitrogen functional groups attached to an aromatic ring is 1. The average Bonchev–Trinajstić information content (AvgIpc) is 2.81. The summed E-state index contributed by atoms with van der Waals surface area (Å²) in [6.07, 6.45) is 0. The molecule has 0 aliphatic heterocycles. The second kappa shape index (κ2) is 5.06. The fraction of sp³-hybridized carbons (Fsp3) is 0. The summed E-state index contributed by atoms with van der Waals surface area (Å²) in [6.45, 7) is 0. The normalized spacial score (nSPS) is 10.8. The van der Waals surface area contributed by atoms with Gasteiger partial charge in [-0.2, -0.15) is 5.10 Å². The topological polar surface area (TPSA) is 87.6 Å². The van der Waals surface area contributed by atoms with Crippen molar-refractivity contribution in [3.8, 4) is 22.5 Å². The molecule has 0 aliphatic carbocycles. The van der Waals surface area contributed by atoms with Gasteiger partial charge < -0.3 is 10.7 Å². The number of H-pyrrole nitrogens is 2. The first-order valence-corrected chi connectivity index (χ1v) is 6.43. The Bertz CT molecular complexity index is 871. The number of hydrogen-bond donors (Lipinski definition) is 3. The maximum atomic E-state index is 13.2. The van der Waals surface area contributed by atoms with Gasteiger partial charge in [-0.25, -0.2) is 4.39 Å². The Hall–Kier alpha value is -2.60. The monoisotopic (exact) mass is 304 g/mol. The predicted molar refractivity (Wildman–Crippen MR) is 79.5 cm³/mol. The Morgan fingerprint density at radius 2 is 2.05 bits per heavy atom. The smallest absolute Gasteiger partial charge is 0.248 e. The van der Waals surface area contributed by atoms with Crippen LogP contribution in [-0.4, -0.2) is 15.2 Å². The van der Waals surface area contributed by atoms with E-state index in [0.717, 1.165) is 0 Å². The lowest BCUT2D eigenvalue weighted by molar-refractivity contribution is 0.628. The minimum atomic E-state index is -0.444. The van der Waals surface area contributed by atoms with Crippen LogP contribution in [0.5, 0.6) is 0 Å². The summed E-state index contributed by atoms with van der Waals surface area (Å²) in [6, 6.07) is 8.71. The minimum Gasteiger partial charge on any atom is -0.382 e. The number of nitrogens with zero attached hydrogens (tertiary/aromatic N) is 1. The highest BCUT2D eigenvalue weighted by Gasteiger charge is 2.18. The van der Waals surface area contributed by atoms with Crippen LogP contribution in [0, 0.1) is 5.82 Å². The number of hydrogen-bond acceptors (Lipinski definition) is 3. The van der Waals surface area contributed by atoms with E-state index in [-0.39, 0.29) is 16.4 Å². The maximum Gasteiger partial charge on any atom is 0.248 e. The first kappa shape index (κ1) is 13.4. The number of nitrogens with two attached hydrogens (primary N) is 1. The van der Waals surface area contributed by atoms with Crippen molar-refractivity contribution in [3.05, 3.63) is 57.6 Å². The number of aromatic amines is 2. The molecule has 0 spiro atoms. The Labute approximate surface area is 123 Å². The Kier molecular flexibility index (Phi) is 3.23. The molecule has 5 nitrogen and oxygen atoms in total. The second-order valence-electron chi connectivity index (χ2n) is 4.41. The average molecular weight is 305 g/mol. The molecule has 0 aliphatic rings. The van der Waals surface area contributed by atoms with Crippen LogP contribution in [0.25, 0.3) is 22.5 Å². The zero-order chi connectivity index (χ0) is 15.0. The van der Waals surface area contributed by atoms with Crippen LogP contribution in [-0.2, 0) is 0 Å².